The Kier molecular flexibility index (Phi) is 4.48. The molecule has 2 rings (SSSR count). The number of thiazole rings is 1. The maximum Gasteiger partial charge on any atom is 0.329 e. The van der Waals surface area contributed by atoms with Crippen molar-refractivity contribution in [1.82, 2.24) is 14.7 Å². The van der Waals surface area contributed by atoms with E-state index >= 15 is 0 Å². The van der Waals surface area contributed by atoms with E-state index in [1.807, 2.05) is 22.2 Å². The van der Waals surface area contributed by atoms with Crippen LogP contribution >= 0.6 is 11.3 Å². The van der Waals surface area contributed by atoms with E-state index < -0.39 is 5.97 Å². The highest BCUT2D eigenvalue weighted by molar-refractivity contribution is 7.15. The first-order chi connectivity index (χ1) is 9.15. The van der Waals surface area contributed by atoms with Crippen LogP contribution in [-0.2, 0) is 20.7 Å². The molecule has 0 saturated heterocycles. The molecule has 2 aromatic heterocycles. The van der Waals surface area contributed by atoms with Gasteiger partial charge < -0.3 is 15.2 Å². The summed E-state index contributed by atoms with van der Waals surface area (Å²) in [5, 5.41) is 12.9. The molecule has 0 aliphatic rings. The highest BCUT2D eigenvalue weighted by Crippen LogP contribution is 2.11. The van der Waals surface area contributed by atoms with Gasteiger partial charge in [-0.3, -0.25) is 9.20 Å². The first kappa shape index (κ1) is 13.5. The van der Waals surface area contributed by atoms with Crippen molar-refractivity contribution in [1.29, 1.82) is 0 Å². The second kappa shape index (κ2) is 6.30. The van der Waals surface area contributed by atoms with Gasteiger partial charge in [0.25, 0.3) is 0 Å². The van der Waals surface area contributed by atoms with Crippen LogP contribution < -0.4 is 5.32 Å². The number of carbonyl (C=O) groups is 2. The number of amides is 1. The number of hydrogen-bond donors (Lipinski definition) is 2. The van der Waals surface area contributed by atoms with Crippen molar-refractivity contribution in [2.75, 3.05) is 19.8 Å². The molecular formula is C11H13N3O4S. The smallest absolute Gasteiger partial charge is 0.329 e. The number of rotatable bonds is 7. The lowest BCUT2D eigenvalue weighted by Crippen LogP contribution is -2.29. The number of nitrogens with one attached hydrogen (secondary N) is 1. The van der Waals surface area contributed by atoms with E-state index in [0.717, 1.165) is 4.96 Å². The minimum absolute atomic E-state index is 0.162. The molecule has 0 radical (unpaired) electrons. The molecule has 1 amide bonds. The summed E-state index contributed by atoms with van der Waals surface area (Å²) in [5.74, 6) is -1.19. The molecule has 102 valence electrons. The summed E-state index contributed by atoms with van der Waals surface area (Å²) < 4.78 is 6.66. The zero-order chi connectivity index (χ0) is 13.7. The van der Waals surface area contributed by atoms with E-state index in [0.29, 0.717) is 5.69 Å². The maximum atomic E-state index is 11.6. The molecule has 0 bridgehead atoms. The van der Waals surface area contributed by atoms with Gasteiger partial charge in [0.1, 0.15) is 6.61 Å². The standard InChI is InChI=1S/C11H13N3O4S/c15-9(12-1-3-18-7-10(16)17)5-8-6-14-2-4-19-11(14)13-8/h2,4,6H,1,3,5,7H2,(H,12,15)(H,16,17). The van der Waals surface area contributed by atoms with Gasteiger partial charge in [-0.1, -0.05) is 0 Å². The van der Waals surface area contributed by atoms with Crippen molar-refractivity contribution < 1.29 is 19.4 Å². The molecule has 0 fully saturated rings. The molecule has 0 aliphatic carbocycles. The first-order valence-corrected chi connectivity index (χ1v) is 6.50. The lowest BCUT2D eigenvalue weighted by atomic mass is 10.3. The van der Waals surface area contributed by atoms with Crippen molar-refractivity contribution in [2.45, 2.75) is 6.42 Å². The Labute approximate surface area is 112 Å². The molecule has 2 aromatic rings. The topological polar surface area (TPSA) is 92.9 Å². The average molecular weight is 283 g/mol. The van der Waals surface area contributed by atoms with E-state index in [-0.39, 0.29) is 32.1 Å². The normalized spacial score (nSPS) is 10.7. The lowest BCUT2D eigenvalue weighted by Gasteiger charge is -2.03. The van der Waals surface area contributed by atoms with Gasteiger partial charge in [0.2, 0.25) is 5.91 Å². The predicted octanol–water partition coefficient (Wildman–Crippen LogP) is 0.156. The summed E-state index contributed by atoms with van der Waals surface area (Å²) in [6, 6.07) is 0. The van der Waals surface area contributed by atoms with Gasteiger partial charge in [-0.25, -0.2) is 9.78 Å². The summed E-state index contributed by atoms with van der Waals surface area (Å²) in [6.45, 7) is 0.109. The number of fused-ring (bicyclic) bond motifs is 1. The van der Waals surface area contributed by atoms with Crippen LogP contribution in [0.15, 0.2) is 17.8 Å². The maximum absolute atomic E-state index is 11.6. The largest absolute Gasteiger partial charge is 0.480 e. The van der Waals surface area contributed by atoms with Crippen LogP contribution in [0.3, 0.4) is 0 Å². The van der Waals surface area contributed by atoms with Crippen LogP contribution in [0.25, 0.3) is 4.96 Å². The second-order valence-electron chi connectivity index (χ2n) is 3.80. The average Bonchev–Trinajstić information content (AvgIpc) is 2.88. The van der Waals surface area contributed by atoms with E-state index in [2.05, 4.69) is 10.3 Å². The van der Waals surface area contributed by atoms with Crippen molar-refractivity contribution in [3.8, 4) is 0 Å². The number of hydrogen-bond acceptors (Lipinski definition) is 5. The van der Waals surface area contributed by atoms with Gasteiger partial charge >= 0.3 is 5.97 Å². The van der Waals surface area contributed by atoms with Gasteiger partial charge in [-0.2, -0.15) is 0 Å². The van der Waals surface area contributed by atoms with Gasteiger partial charge in [0, 0.05) is 24.3 Å². The molecule has 19 heavy (non-hydrogen) atoms. The fraction of sp³-hybridized carbons (Fsp3) is 0.364. The molecule has 2 heterocycles. The molecule has 0 spiro atoms. The van der Waals surface area contributed by atoms with Crippen molar-refractivity contribution in [3.05, 3.63) is 23.5 Å². The SMILES string of the molecule is O=C(O)COCCNC(=O)Cc1cn2ccsc2n1. The van der Waals surface area contributed by atoms with Crippen molar-refractivity contribution in [2.24, 2.45) is 0 Å². The Hall–Kier alpha value is -1.93. The molecule has 0 aliphatic heterocycles. The highest BCUT2D eigenvalue weighted by Gasteiger charge is 2.07. The number of carboxylic acids is 1. The summed E-state index contributed by atoms with van der Waals surface area (Å²) in [4.78, 5) is 26.9. The Bertz CT molecular complexity index is 549. The third-order valence-corrected chi connectivity index (χ3v) is 3.05. The number of aromatic nitrogens is 2. The van der Waals surface area contributed by atoms with Gasteiger partial charge in [-0.05, 0) is 0 Å². The van der Waals surface area contributed by atoms with Crippen LogP contribution in [0, 0.1) is 0 Å². The minimum Gasteiger partial charge on any atom is -0.480 e. The highest BCUT2D eigenvalue weighted by atomic mass is 32.1. The Balaban J connectivity index is 1.69. The molecule has 0 atom stereocenters. The van der Waals surface area contributed by atoms with Gasteiger partial charge in [0.15, 0.2) is 4.96 Å². The van der Waals surface area contributed by atoms with E-state index in [4.69, 9.17) is 9.84 Å². The third kappa shape index (κ3) is 4.04. The van der Waals surface area contributed by atoms with Crippen LogP contribution in [0.5, 0.6) is 0 Å². The van der Waals surface area contributed by atoms with E-state index in [1.54, 1.807) is 0 Å². The molecular weight excluding hydrogens is 270 g/mol. The molecule has 8 heteroatoms. The second-order valence-corrected chi connectivity index (χ2v) is 4.67. The van der Waals surface area contributed by atoms with E-state index in [1.165, 1.54) is 11.3 Å². The van der Waals surface area contributed by atoms with Crippen molar-refractivity contribution >= 4 is 28.2 Å². The lowest BCUT2D eigenvalue weighted by molar-refractivity contribution is -0.142. The number of carbonyl (C=O) groups excluding carboxylic acids is 1. The molecule has 2 N–H and O–H groups in total. The summed E-state index contributed by atoms with van der Waals surface area (Å²) >= 11 is 1.51. The molecule has 0 aromatic carbocycles. The number of aliphatic carboxylic acids is 1. The number of nitrogens with zero attached hydrogens (tertiary/aromatic N) is 2. The van der Waals surface area contributed by atoms with E-state index in [9.17, 15) is 9.59 Å². The Morgan fingerprint density at radius 1 is 1.53 bits per heavy atom. The van der Waals surface area contributed by atoms with Gasteiger partial charge in [-0.15, -0.1) is 11.3 Å². The summed E-state index contributed by atoms with van der Waals surface area (Å²) in [7, 11) is 0. The first-order valence-electron chi connectivity index (χ1n) is 5.62. The quantitative estimate of drug-likeness (QED) is 0.706. The molecule has 7 nitrogen and oxygen atoms in total. The van der Waals surface area contributed by atoms with Gasteiger partial charge in [0.05, 0.1) is 18.7 Å². The minimum atomic E-state index is -1.02. The van der Waals surface area contributed by atoms with Crippen molar-refractivity contribution in [3.63, 3.8) is 0 Å². The Morgan fingerprint density at radius 2 is 2.37 bits per heavy atom. The zero-order valence-electron chi connectivity index (χ0n) is 10.0. The predicted molar refractivity (Wildman–Crippen MR) is 68.2 cm³/mol. The zero-order valence-corrected chi connectivity index (χ0v) is 10.9. The third-order valence-electron chi connectivity index (χ3n) is 2.28. The summed E-state index contributed by atoms with van der Waals surface area (Å²) in [6.07, 6.45) is 3.90. The van der Waals surface area contributed by atoms with Crippen LogP contribution in [0.2, 0.25) is 0 Å². The Morgan fingerprint density at radius 3 is 3.11 bits per heavy atom. The molecule has 0 saturated carbocycles. The fourth-order valence-electron chi connectivity index (χ4n) is 1.51. The van der Waals surface area contributed by atoms with Crippen LogP contribution in [-0.4, -0.2) is 46.1 Å². The number of imidazole rings is 1. The van der Waals surface area contributed by atoms with Crippen LogP contribution in [0.4, 0.5) is 0 Å². The monoisotopic (exact) mass is 283 g/mol. The fourth-order valence-corrected chi connectivity index (χ4v) is 2.23. The summed E-state index contributed by atoms with van der Waals surface area (Å²) in [5.41, 5.74) is 0.704. The number of carboxylic acid groups (broad SMARTS) is 1. The van der Waals surface area contributed by atoms with Crippen LogP contribution in [0.1, 0.15) is 5.69 Å². The number of ether oxygens (including phenoxy) is 1. The molecule has 0 unspecified atom stereocenters.